The Bertz CT molecular complexity index is 1390. The maximum absolute atomic E-state index is 14.9. The van der Waals surface area contributed by atoms with Gasteiger partial charge in [-0.25, -0.2) is 9.37 Å². The van der Waals surface area contributed by atoms with Gasteiger partial charge < -0.3 is 9.67 Å². The first kappa shape index (κ1) is 20.8. The van der Waals surface area contributed by atoms with Crippen molar-refractivity contribution in [3.8, 4) is 12.1 Å². The summed E-state index contributed by atoms with van der Waals surface area (Å²) in [6, 6.07) is 9.85. The summed E-state index contributed by atoms with van der Waals surface area (Å²) in [4.78, 5) is 8.43. The molecule has 2 aromatic heterocycles. The van der Waals surface area contributed by atoms with Crippen molar-refractivity contribution in [1.29, 1.82) is 10.5 Å². The van der Waals surface area contributed by atoms with Crippen LogP contribution in [0.15, 0.2) is 73.0 Å². The molecule has 33 heavy (non-hydrogen) atoms. The first-order chi connectivity index (χ1) is 16.0. The topological polar surface area (TPSA) is 98.5 Å². The normalized spacial score (nSPS) is 25.7. The van der Waals surface area contributed by atoms with E-state index in [1.807, 2.05) is 41.9 Å². The van der Waals surface area contributed by atoms with E-state index >= 15 is 0 Å². The van der Waals surface area contributed by atoms with E-state index in [-0.39, 0.29) is 23.8 Å². The van der Waals surface area contributed by atoms with Crippen molar-refractivity contribution in [3.05, 3.63) is 107 Å². The third-order valence-corrected chi connectivity index (χ3v) is 6.78. The summed E-state index contributed by atoms with van der Waals surface area (Å²) in [6.45, 7) is 2.04. The van der Waals surface area contributed by atoms with Gasteiger partial charge in [0, 0.05) is 30.3 Å². The number of halogens is 1. The molecule has 0 saturated heterocycles. The second kappa shape index (κ2) is 7.81. The lowest BCUT2D eigenvalue weighted by atomic mass is 9.71. The highest BCUT2D eigenvalue weighted by atomic mass is 19.1. The Morgan fingerprint density at radius 1 is 1.12 bits per heavy atom. The molecule has 2 unspecified atom stereocenters. The Hall–Kier alpha value is -4.07. The van der Waals surface area contributed by atoms with Crippen LogP contribution in [0.25, 0.3) is 0 Å². The maximum atomic E-state index is 14.9. The summed E-state index contributed by atoms with van der Waals surface area (Å²) in [5, 5.41) is 30.3. The summed E-state index contributed by atoms with van der Waals surface area (Å²) < 4.78 is 16.7. The van der Waals surface area contributed by atoms with Crippen LogP contribution in [0.1, 0.15) is 53.3 Å². The van der Waals surface area contributed by atoms with Crippen molar-refractivity contribution in [3.63, 3.8) is 0 Å². The molecule has 1 aromatic carbocycles. The fourth-order valence-corrected chi connectivity index (χ4v) is 5.15. The van der Waals surface area contributed by atoms with Gasteiger partial charge in [-0.1, -0.05) is 31.2 Å². The molecule has 4 atom stereocenters. The predicted molar refractivity (Wildman–Crippen MR) is 118 cm³/mol. The summed E-state index contributed by atoms with van der Waals surface area (Å²) in [6.07, 6.45) is 12.6. The molecule has 0 saturated carbocycles. The second-order valence-corrected chi connectivity index (χ2v) is 8.55. The van der Waals surface area contributed by atoms with Crippen LogP contribution in [-0.2, 0) is 5.60 Å². The van der Waals surface area contributed by atoms with Gasteiger partial charge in [0.15, 0.2) is 0 Å². The summed E-state index contributed by atoms with van der Waals surface area (Å²) in [7, 11) is 0. The third-order valence-electron chi connectivity index (χ3n) is 6.78. The minimum absolute atomic E-state index is 0.0723. The molecule has 1 aliphatic carbocycles. The van der Waals surface area contributed by atoms with Crippen LogP contribution < -0.4 is 0 Å². The second-order valence-electron chi connectivity index (χ2n) is 8.55. The molecular weight excluding hydrogens is 417 g/mol. The van der Waals surface area contributed by atoms with Gasteiger partial charge in [-0.15, -0.1) is 0 Å². The maximum Gasteiger partial charge on any atom is 0.130 e. The van der Waals surface area contributed by atoms with E-state index in [4.69, 9.17) is 5.26 Å². The van der Waals surface area contributed by atoms with Crippen molar-refractivity contribution in [1.82, 2.24) is 14.5 Å². The highest BCUT2D eigenvalue weighted by molar-refractivity contribution is 5.45. The molecule has 0 bridgehead atoms. The van der Waals surface area contributed by atoms with Crippen LogP contribution in [0.3, 0.4) is 0 Å². The molecular formula is C26H20FN5O. The molecule has 3 aromatic rings. The van der Waals surface area contributed by atoms with Gasteiger partial charge in [-0.3, -0.25) is 4.98 Å². The number of allylic oxidation sites excluding steroid dienone is 3. The molecule has 1 N–H and O–H groups in total. The van der Waals surface area contributed by atoms with Crippen molar-refractivity contribution in [2.24, 2.45) is 5.92 Å². The Balaban J connectivity index is 1.53. The molecule has 5 rings (SSSR count). The van der Waals surface area contributed by atoms with Crippen LogP contribution >= 0.6 is 0 Å². The average molecular weight is 437 g/mol. The lowest BCUT2D eigenvalue weighted by Gasteiger charge is -2.35. The van der Waals surface area contributed by atoms with Gasteiger partial charge in [0.25, 0.3) is 0 Å². The predicted octanol–water partition coefficient (Wildman–Crippen LogP) is 4.26. The average Bonchev–Trinajstić information content (AvgIpc) is 3.42. The molecule has 2 aliphatic rings. The van der Waals surface area contributed by atoms with E-state index in [1.165, 1.54) is 12.3 Å². The number of aromatic nitrogens is 3. The van der Waals surface area contributed by atoms with Gasteiger partial charge in [0.1, 0.15) is 17.5 Å². The smallest absolute Gasteiger partial charge is 0.130 e. The first-order valence-electron chi connectivity index (χ1n) is 10.6. The molecule has 0 fully saturated rings. The largest absolute Gasteiger partial charge is 0.379 e. The van der Waals surface area contributed by atoms with Crippen LogP contribution in [0.5, 0.6) is 0 Å². The molecule has 162 valence electrons. The zero-order valence-electron chi connectivity index (χ0n) is 17.9. The lowest BCUT2D eigenvalue weighted by molar-refractivity contribution is 0.0627. The fraction of sp³-hybridized carbons (Fsp3) is 0.231. The quantitative estimate of drug-likeness (QED) is 0.660. The lowest BCUT2D eigenvalue weighted by Crippen LogP contribution is -2.32. The third kappa shape index (κ3) is 3.26. The molecule has 7 heteroatoms. The van der Waals surface area contributed by atoms with Gasteiger partial charge in [-0.2, -0.15) is 10.5 Å². The standard InChI is InChI=1S/C26H20FN5O/c1-16-20(19-7-18(11-29)12-30-13-19)3-2-4-22(16)26(33)9-24(32-15-31-14-25(26)32)21-6-5-17(10-28)8-23(21)27/h2-8,12-16,20,24,33H,9H2,1H3/t16?,20?,24-,26+/m1/s1. The van der Waals surface area contributed by atoms with E-state index in [1.54, 1.807) is 30.9 Å². The number of nitrogens with zero attached hydrogens (tertiary/aromatic N) is 5. The number of pyridine rings is 1. The highest BCUT2D eigenvalue weighted by Gasteiger charge is 2.49. The monoisotopic (exact) mass is 437 g/mol. The number of benzene rings is 1. The Labute approximate surface area is 190 Å². The van der Waals surface area contributed by atoms with E-state index in [2.05, 4.69) is 16.0 Å². The van der Waals surface area contributed by atoms with Gasteiger partial charge in [-0.05, 0) is 35.3 Å². The van der Waals surface area contributed by atoms with Gasteiger partial charge in [0.05, 0.1) is 41.5 Å². The van der Waals surface area contributed by atoms with E-state index in [0.29, 0.717) is 16.8 Å². The van der Waals surface area contributed by atoms with Gasteiger partial charge >= 0.3 is 0 Å². The van der Waals surface area contributed by atoms with Crippen LogP contribution in [0, 0.1) is 34.4 Å². The minimum atomic E-state index is -1.34. The number of aliphatic hydroxyl groups is 1. The summed E-state index contributed by atoms with van der Waals surface area (Å²) in [5.41, 5.74) is 2.10. The molecule has 6 nitrogen and oxygen atoms in total. The SMILES string of the molecule is CC1C([C@@]2(O)C[C@H](c3ccc(C#N)cc3F)n3cncc32)=CC=CC1c1cncc(C#N)c1. The number of hydrogen-bond acceptors (Lipinski definition) is 5. The van der Waals surface area contributed by atoms with Crippen molar-refractivity contribution >= 4 is 0 Å². The molecule has 0 spiro atoms. The number of hydrogen-bond donors (Lipinski definition) is 1. The Morgan fingerprint density at radius 2 is 1.94 bits per heavy atom. The molecule has 0 radical (unpaired) electrons. The summed E-state index contributed by atoms with van der Waals surface area (Å²) >= 11 is 0. The highest BCUT2D eigenvalue weighted by Crippen LogP contribution is 2.52. The molecule has 3 heterocycles. The fourth-order valence-electron chi connectivity index (χ4n) is 5.15. The van der Waals surface area contributed by atoms with Crippen LogP contribution in [-0.4, -0.2) is 19.6 Å². The van der Waals surface area contributed by atoms with Gasteiger partial charge in [0.2, 0.25) is 0 Å². The molecule has 0 amide bonds. The number of rotatable bonds is 3. The van der Waals surface area contributed by atoms with Crippen molar-refractivity contribution in [2.75, 3.05) is 0 Å². The zero-order chi connectivity index (χ0) is 23.2. The zero-order valence-corrected chi connectivity index (χ0v) is 17.9. The minimum Gasteiger partial charge on any atom is -0.379 e. The Morgan fingerprint density at radius 3 is 2.70 bits per heavy atom. The first-order valence-corrected chi connectivity index (χ1v) is 10.6. The van der Waals surface area contributed by atoms with E-state index in [0.717, 1.165) is 11.1 Å². The number of nitriles is 2. The van der Waals surface area contributed by atoms with E-state index < -0.39 is 17.5 Å². The summed E-state index contributed by atoms with van der Waals surface area (Å²) in [5.74, 6) is -0.647. The van der Waals surface area contributed by atoms with Crippen molar-refractivity contribution < 1.29 is 9.50 Å². The van der Waals surface area contributed by atoms with Crippen LogP contribution in [0.4, 0.5) is 4.39 Å². The van der Waals surface area contributed by atoms with Crippen LogP contribution in [0.2, 0.25) is 0 Å². The van der Waals surface area contributed by atoms with Crippen molar-refractivity contribution in [2.45, 2.75) is 30.9 Å². The number of fused-ring (bicyclic) bond motifs is 1. The molecule has 1 aliphatic heterocycles. The van der Waals surface area contributed by atoms with E-state index in [9.17, 15) is 14.8 Å². The number of imidazole rings is 1. The Kier molecular flexibility index (Phi) is 4.92.